The minimum Gasteiger partial charge on any atom is -0.497 e. The maximum Gasteiger partial charge on any atom is 0.254 e. The smallest absolute Gasteiger partial charge is 0.254 e. The molecule has 7 nitrogen and oxygen atoms in total. The van der Waals surface area contributed by atoms with Crippen molar-refractivity contribution in [3.63, 3.8) is 0 Å². The van der Waals surface area contributed by atoms with Gasteiger partial charge in [0.05, 0.1) is 24.6 Å². The average Bonchev–Trinajstić information content (AvgIpc) is 3.13. The number of amides is 2. The molecule has 29 heavy (non-hydrogen) atoms. The number of hydrogen-bond donors (Lipinski definition) is 2. The average molecular weight is 399 g/mol. The Morgan fingerprint density at radius 3 is 2.93 bits per heavy atom. The molecule has 1 aromatic heterocycles. The van der Waals surface area contributed by atoms with E-state index >= 15 is 0 Å². The van der Waals surface area contributed by atoms with Crippen molar-refractivity contribution < 1.29 is 14.3 Å². The van der Waals surface area contributed by atoms with E-state index in [1.165, 1.54) is 0 Å². The molecule has 0 fully saturated rings. The van der Waals surface area contributed by atoms with Crippen LogP contribution in [0.5, 0.6) is 5.75 Å². The van der Waals surface area contributed by atoms with E-state index in [0.29, 0.717) is 30.9 Å². The fourth-order valence-corrected chi connectivity index (χ4v) is 3.64. The van der Waals surface area contributed by atoms with Crippen LogP contribution in [0.15, 0.2) is 30.5 Å². The highest BCUT2D eigenvalue weighted by molar-refractivity contribution is 5.95. The van der Waals surface area contributed by atoms with Gasteiger partial charge in [0, 0.05) is 25.6 Å². The molecule has 0 saturated carbocycles. The summed E-state index contributed by atoms with van der Waals surface area (Å²) >= 11 is 0. The van der Waals surface area contributed by atoms with Crippen LogP contribution in [0.2, 0.25) is 0 Å². The van der Waals surface area contributed by atoms with Crippen molar-refractivity contribution in [1.82, 2.24) is 20.4 Å². The van der Waals surface area contributed by atoms with Gasteiger partial charge in [-0.2, -0.15) is 5.10 Å². The Morgan fingerprint density at radius 1 is 1.34 bits per heavy atom. The predicted octanol–water partition coefficient (Wildman–Crippen LogP) is 2.34. The molecule has 1 aliphatic rings. The SMILES string of the molecule is COc1cccc(CCC(=O)NC[C@H]2CCn3ncc(C(=O)NC(C)C)c3C2)c1. The number of nitrogens with one attached hydrogen (secondary N) is 2. The highest BCUT2D eigenvalue weighted by Crippen LogP contribution is 2.23. The van der Waals surface area contributed by atoms with E-state index in [9.17, 15) is 9.59 Å². The fourth-order valence-electron chi connectivity index (χ4n) is 3.64. The molecule has 1 aliphatic heterocycles. The molecule has 2 N–H and O–H groups in total. The second-order valence-corrected chi connectivity index (χ2v) is 7.87. The first-order chi connectivity index (χ1) is 14.0. The summed E-state index contributed by atoms with van der Waals surface area (Å²) in [6, 6.07) is 7.87. The first-order valence-electron chi connectivity index (χ1n) is 10.2. The van der Waals surface area contributed by atoms with Crippen LogP contribution >= 0.6 is 0 Å². The zero-order valence-electron chi connectivity index (χ0n) is 17.4. The lowest BCUT2D eigenvalue weighted by molar-refractivity contribution is -0.121. The molecule has 0 unspecified atom stereocenters. The molecule has 7 heteroatoms. The molecule has 0 aliphatic carbocycles. The number of carbonyl (C=O) groups excluding carboxylic acids is 2. The van der Waals surface area contributed by atoms with Crippen LogP contribution in [0.3, 0.4) is 0 Å². The van der Waals surface area contributed by atoms with Gasteiger partial charge in [-0.1, -0.05) is 12.1 Å². The number of fused-ring (bicyclic) bond motifs is 1. The third kappa shape index (κ3) is 5.59. The molecule has 1 atom stereocenters. The lowest BCUT2D eigenvalue weighted by Crippen LogP contribution is -2.35. The number of benzene rings is 1. The van der Waals surface area contributed by atoms with E-state index in [1.54, 1.807) is 13.3 Å². The summed E-state index contributed by atoms with van der Waals surface area (Å²) in [5.41, 5.74) is 2.69. The van der Waals surface area contributed by atoms with Crippen molar-refractivity contribution in [3.05, 3.63) is 47.3 Å². The lowest BCUT2D eigenvalue weighted by Gasteiger charge is -2.24. The van der Waals surface area contributed by atoms with Crippen molar-refractivity contribution in [1.29, 1.82) is 0 Å². The molecule has 3 rings (SSSR count). The highest BCUT2D eigenvalue weighted by Gasteiger charge is 2.25. The van der Waals surface area contributed by atoms with Crippen LogP contribution in [0.25, 0.3) is 0 Å². The predicted molar refractivity (Wildman–Crippen MR) is 111 cm³/mol. The van der Waals surface area contributed by atoms with Crippen LogP contribution in [0.4, 0.5) is 0 Å². The number of aryl methyl sites for hydroxylation is 2. The van der Waals surface area contributed by atoms with E-state index in [-0.39, 0.29) is 17.9 Å². The summed E-state index contributed by atoms with van der Waals surface area (Å²) in [7, 11) is 1.64. The molecule has 0 bridgehead atoms. The van der Waals surface area contributed by atoms with Gasteiger partial charge in [0.2, 0.25) is 5.91 Å². The Labute approximate surface area is 171 Å². The van der Waals surface area contributed by atoms with E-state index in [4.69, 9.17) is 4.74 Å². The zero-order valence-corrected chi connectivity index (χ0v) is 17.4. The summed E-state index contributed by atoms with van der Waals surface area (Å²) in [6.07, 6.45) is 4.47. The van der Waals surface area contributed by atoms with E-state index < -0.39 is 0 Å². The second kappa shape index (κ2) is 9.58. The number of carbonyl (C=O) groups is 2. The monoisotopic (exact) mass is 398 g/mol. The van der Waals surface area contributed by atoms with Crippen molar-refractivity contribution >= 4 is 11.8 Å². The Kier molecular flexibility index (Phi) is 6.90. The number of methoxy groups -OCH3 is 1. The fraction of sp³-hybridized carbons (Fsp3) is 0.500. The van der Waals surface area contributed by atoms with E-state index in [0.717, 1.165) is 36.4 Å². The summed E-state index contributed by atoms with van der Waals surface area (Å²) in [4.78, 5) is 24.7. The van der Waals surface area contributed by atoms with Crippen molar-refractivity contribution in [2.75, 3.05) is 13.7 Å². The molecular formula is C22H30N4O3. The Morgan fingerprint density at radius 2 is 2.17 bits per heavy atom. The van der Waals surface area contributed by atoms with Crippen LogP contribution in [-0.2, 0) is 24.2 Å². The van der Waals surface area contributed by atoms with Crippen LogP contribution < -0.4 is 15.4 Å². The Hall–Kier alpha value is -2.83. The number of rotatable bonds is 8. The highest BCUT2D eigenvalue weighted by atomic mass is 16.5. The first-order valence-corrected chi connectivity index (χ1v) is 10.2. The van der Waals surface area contributed by atoms with Crippen LogP contribution in [-0.4, -0.2) is 41.3 Å². The summed E-state index contributed by atoms with van der Waals surface area (Å²) in [5.74, 6) is 1.08. The molecule has 0 radical (unpaired) electrons. The molecule has 2 aromatic rings. The Bertz CT molecular complexity index is 859. The third-order valence-electron chi connectivity index (χ3n) is 5.21. The van der Waals surface area contributed by atoms with Gasteiger partial charge < -0.3 is 15.4 Å². The molecule has 2 amide bonds. The normalized spacial score (nSPS) is 15.7. The maximum atomic E-state index is 12.4. The van der Waals surface area contributed by atoms with Gasteiger partial charge in [0.25, 0.3) is 5.91 Å². The van der Waals surface area contributed by atoms with Crippen LogP contribution in [0.1, 0.15) is 48.3 Å². The summed E-state index contributed by atoms with van der Waals surface area (Å²) in [6.45, 7) is 5.28. The number of ether oxygens (including phenoxy) is 1. The molecular weight excluding hydrogens is 368 g/mol. The number of aromatic nitrogens is 2. The van der Waals surface area contributed by atoms with Crippen molar-refractivity contribution in [2.24, 2.45) is 5.92 Å². The second-order valence-electron chi connectivity index (χ2n) is 7.87. The summed E-state index contributed by atoms with van der Waals surface area (Å²) in [5, 5.41) is 10.3. The van der Waals surface area contributed by atoms with E-state index in [1.807, 2.05) is 42.8 Å². The largest absolute Gasteiger partial charge is 0.497 e. The number of hydrogen-bond acceptors (Lipinski definition) is 4. The molecule has 0 spiro atoms. The topological polar surface area (TPSA) is 85.2 Å². The molecule has 156 valence electrons. The minimum atomic E-state index is -0.0794. The van der Waals surface area contributed by atoms with Gasteiger partial charge >= 0.3 is 0 Å². The molecule has 0 saturated heterocycles. The van der Waals surface area contributed by atoms with Crippen LogP contribution in [0, 0.1) is 5.92 Å². The van der Waals surface area contributed by atoms with Gasteiger partial charge in [-0.25, -0.2) is 0 Å². The van der Waals surface area contributed by atoms with Gasteiger partial charge in [-0.05, 0) is 56.7 Å². The zero-order chi connectivity index (χ0) is 20.8. The van der Waals surface area contributed by atoms with Crippen molar-refractivity contribution in [2.45, 2.75) is 52.1 Å². The van der Waals surface area contributed by atoms with Gasteiger partial charge in [0.1, 0.15) is 5.75 Å². The quantitative estimate of drug-likeness (QED) is 0.715. The lowest BCUT2D eigenvalue weighted by atomic mass is 9.94. The molecule has 1 aromatic carbocycles. The van der Waals surface area contributed by atoms with E-state index in [2.05, 4.69) is 15.7 Å². The minimum absolute atomic E-state index is 0.0460. The molecule has 2 heterocycles. The maximum absolute atomic E-state index is 12.4. The van der Waals surface area contributed by atoms with Crippen molar-refractivity contribution in [3.8, 4) is 5.75 Å². The Balaban J connectivity index is 1.49. The first kappa shape index (κ1) is 20.9. The standard InChI is InChI=1S/C22H30N4O3/c1-15(2)25-22(28)19-14-24-26-10-9-17(12-20(19)26)13-23-21(27)8-7-16-5-4-6-18(11-16)29-3/h4-6,11,14-15,17H,7-10,12-13H2,1-3H3,(H,23,27)(H,25,28)/t17-/m0/s1. The van der Waals surface area contributed by atoms with Gasteiger partial charge in [0.15, 0.2) is 0 Å². The number of nitrogens with zero attached hydrogens (tertiary/aromatic N) is 2. The third-order valence-corrected chi connectivity index (χ3v) is 5.21. The summed E-state index contributed by atoms with van der Waals surface area (Å²) < 4.78 is 7.14. The van der Waals surface area contributed by atoms with Gasteiger partial charge in [-0.3, -0.25) is 14.3 Å². The van der Waals surface area contributed by atoms with Gasteiger partial charge in [-0.15, -0.1) is 0 Å².